The molecule has 0 radical (unpaired) electrons. The topological polar surface area (TPSA) is 99.9 Å². The van der Waals surface area contributed by atoms with E-state index < -0.39 is 12.2 Å². The first-order valence-corrected chi connectivity index (χ1v) is 10.9. The zero-order valence-electron chi connectivity index (χ0n) is 18.6. The number of nitrogens with zero attached hydrogens (tertiary/aromatic N) is 1. The number of hydrogen-bond donors (Lipinski definition) is 1. The van der Waals surface area contributed by atoms with E-state index in [-0.39, 0.29) is 5.91 Å². The molecule has 2 amide bonds. The third-order valence-corrected chi connectivity index (χ3v) is 5.44. The van der Waals surface area contributed by atoms with Crippen LogP contribution in [0.2, 0.25) is 0 Å². The number of cyclic esters (lactones) is 1. The molecule has 1 saturated heterocycles. The summed E-state index contributed by atoms with van der Waals surface area (Å²) in [6.45, 7) is 2.33. The van der Waals surface area contributed by atoms with Gasteiger partial charge < -0.3 is 18.6 Å². The van der Waals surface area contributed by atoms with Crippen LogP contribution in [-0.2, 0) is 22.4 Å². The molecule has 4 rings (SSSR count). The fourth-order valence-corrected chi connectivity index (χ4v) is 3.68. The number of rotatable bonds is 10. The first-order valence-electron chi connectivity index (χ1n) is 10.9. The van der Waals surface area contributed by atoms with Crippen molar-refractivity contribution in [1.29, 1.82) is 0 Å². The van der Waals surface area contributed by atoms with Crippen molar-refractivity contribution in [2.24, 2.45) is 0 Å². The molecule has 0 aliphatic carbocycles. The van der Waals surface area contributed by atoms with Gasteiger partial charge in [-0.2, -0.15) is 0 Å². The van der Waals surface area contributed by atoms with Crippen molar-refractivity contribution >= 4 is 12.0 Å². The van der Waals surface area contributed by atoms with Crippen LogP contribution in [0.15, 0.2) is 52.9 Å². The van der Waals surface area contributed by atoms with Crippen molar-refractivity contribution in [3.05, 3.63) is 65.5 Å². The lowest BCUT2D eigenvalue weighted by molar-refractivity contribution is -0.123. The Balaban J connectivity index is 1.30. The fraction of sp³-hybridized carbons (Fsp3) is 0.320. The molecule has 0 saturated carbocycles. The second-order valence-electron chi connectivity index (χ2n) is 7.75. The number of oxazole rings is 1. The molecule has 8 nitrogen and oxygen atoms in total. The van der Waals surface area contributed by atoms with Gasteiger partial charge in [-0.1, -0.05) is 24.3 Å². The van der Waals surface area contributed by atoms with Crippen molar-refractivity contribution in [2.45, 2.75) is 38.7 Å². The highest BCUT2D eigenvalue weighted by atomic mass is 16.6. The molecule has 3 aromatic rings. The van der Waals surface area contributed by atoms with E-state index in [1.165, 1.54) is 0 Å². The van der Waals surface area contributed by atoms with Gasteiger partial charge in [-0.25, -0.2) is 9.78 Å². The van der Waals surface area contributed by atoms with Crippen LogP contribution in [0.4, 0.5) is 4.79 Å². The molecule has 2 heterocycles. The normalized spacial score (nSPS) is 15.3. The number of aryl methyl sites for hydroxylation is 2. The highest BCUT2D eigenvalue weighted by Crippen LogP contribution is 2.29. The van der Waals surface area contributed by atoms with Gasteiger partial charge in [-0.15, -0.1) is 0 Å². The van der Waals surface area contributed by atoms with Crippen LogP contribution < -0.4 is 14.8 Å². The number of methoxy groups -OCH3 is 1. The van der Waals surface area contributed by atoms with Gasteiger partial charge in [0.05, 0.1) is 19.4 Å². The minimum absolute atomic E-state index is 0.375. The fourth-order valence-electron chi connectivity index (χ4n) is 3.68. The SMILES string of the molecule is COc1cc(CCCC2OC(=O)NC2=O)ccc1OCCc1nc(-c2ccccc2)oc1C. The van der Waals surface area contributed by atoms with Gasteiger partial charge in [0, 0.05) is 12.0 Å². The van der Waals surface area contributed by atoms with E-state index in [0.717, 1.165) is 29.0 Å². The Morgan fingerprint density at radius 1 is 1.06 bits per heavy atom. The monoisotopic (exact) mass is 450 g/mol. The highest BCUT2D eigenvalue weighted by Gasteiger charge is 2.31. The molecule has 33 heavy (non-hydrogen) atoms. The lowest BCUT2D eigenvalue weighted by atomic mass is 10.1. The van der Waals surface area contributed by atoms with E-state index in [2.05, 4.69) is 10.3 Å². The van der Waals surface area contributed by atoms with Crippen molar-refractivity contribution in [3.8, 4) is 23.0 Å². The number of imide groups is 1. The predicted octanol–water partition coefficient (Wildman–Crippen LogP) is 4.24. The minimum Gasteiger partial charge on any atom is -0.493 e. The standard InChI is InChI=1S/C25H26N2O6/c1-16-19(26-24(32-16)18-8-4-3-5-9-18)13-14-31-20-12-11-17(15-22(20)30-2)7-6-10-21-23(28)27-25(29)33-21/h3-5,8-9,11-12,15,21H,6-7,10,13-14H2,1-2H3,(H,27,28,29). The van der Waals surface area contributed by atoms with Crippen LogP contribution >= 0.6 is 0 Å². The van der Waals surface area contributed by atoms with Gasteiger partial charge in [0.1, 0.15) is 5.76 Å². The van der Waals surface area contributed by atoms with Crippen LogP contribution in [-0.4, -0.2) is 36.8 Å². The molecule has 1 aliphatic heterocycles. The summed E-state index contributed by atoms with van der Waals surface area (Å²) < 4.78 is 22.2. The van der Waals surface area contributed by atoms with Gasteiger partial charge in [0.15, 0.2) is 17.6 Å². The molecule has 0 bridgehead atoms. The largest absolute Gasteiger partial charge is 0.493 e. The average Bonchev–Trinajstić information content (AvgIpc) is 3.35. The van der Waals surface area contributed by atoms with Gasteiger partial charge in [-0.05, 0) is 56.0 Å². The Labute approximate surface area is 191 Å². The number of carbonyl (C=O) groups is 2. The van der Waals surface area contributed by atoms with Gasteiger partial charge in [0.25, 0.3) is 5.91 Å². The zero-order valence-corrected chi connectivity index (χ0v) is 18.6. The molecule has 1 fully saturated rings. The number of ether oxygens (including phenoxy) is 3. The maximum absolute atomic E-state index is 11.6. The number of nitrogens with one attached hydrogen (secondary N) is 1. The van der Waals surface area contributed by atoms with Crippen molar-refractivity contribution < 1.29 is 28.2 Å². The molecule has 1 atom stereocenters. The smallest absolute Gasteiger partial charge is 0.414 e. The molecule has 1 unspecified atom stereocenters. The number of alkyl carbamates (subject to hydrolysis) is 1. The lowest BCUT2D eigenvalue weighted by Crippen LogP contribution is -2.24. The summed E-state index contributed by atoms with van der Waals surface area (Å²) in [7, 11) is 1.60. The first kappa shape index (κ1) is 22.4. The summed E-state index contributed by atoms with van der Waals surface area (Å²) in [5, 5.41) is 2.14. The summed E-state index contributed by atoms with van der Waals surface area (Å²) in [5.74, 6) is 2.30. The van der Waals surface area contributed by atoms with Gasteiger partial charge in [0.2, 0.25) is 5.89 Å². The molecule has 2 aromatic carbocycles. The molecule has 1 aromatic heterocycles. The quantitative estimate of drug-likeness (QED) is 0.493. The Morgan fingerprint density at radius 3 is 2.61 bits per heavy atom. The molecule has 172 valence electrons. The van der Waals surface area contributed by atoms with Crippen molar-refractivity contribution in [3.63, 3.8) is 0 Å². The number of carbonyl (C=O) groups excluding carboxylic acids is 2. The molecule has 1 N–H and O–H groups in total. The second kappa shape index (κ2) is 10.2. The predicted molar refractivity (Wildman–Crippen MR) is 120 cm³/mol. The van der Waals surface area contributed by atoms with Crippen molar-refractivity contribution in [2.75, 3.05) is 13.7 Å². The summed E-state index contributed by atoms with van der Waals surface area (Å²) in [6.07, 6.45) is 1.12. The van der Waals surface area contributed by atoms with E-state index >= 15 is 0 Å². The molecule has 1 aliphatic rings. The molecule has 0 spiro atoms. The van der Waals surface area contributed by atoms with E-state index in [1.807, 2.05) is 55.5 Å². The Morgan fingerprint density at radius 2 is 1.88 bits per heavy atom. The summed E-state index contributed by atoms with van der Waals surface area (Å²) in [5.41, 5.74) is 2.85. The Hall–Kier alpha value is -3.81. The molecular formula is C25H26N2O6. The van der Waals surface area contributed by atoms with Crippen LogP contribution in [0.25, 0.3) is 11.5 Å². The van der Waals surface area contributed by atoms with E-state index in [0.29, 0.717) is 43.3 Å². The van der Waals surface area contributed by atoms with Crippen LogP contribution in [0.1, 0.15) is 29.9 Å². The average molecular weight is 450 g/mol. The highest BCUT2D eigenvalue weighted by molar-refractivity contribution is 5.99. The number of hydrogen-bond acceptors (Lipinski definition) is 7. The third-order valence-electron chi connectivity index (χ3n) is 5.44. The molecular weight excluding hydrogens is 424 g/mol. The first-order chi connectivity index (χ1) is 16.0. The van der Waals surface area contributed by atoms with E-state index in [9.17, 15) is 9.59 Å². The summed E-state index contributed by atoms with van der Waals surface area (Å²) in [6, 6.07) is 15.6. The lowest BCUT2D eigenvalue weighted by Gasteiger charge is -2.12. The van der Waals surface area contributed by atoms with Gasteiger partial charge >= 0.3 is 6.09 Å². The third kappa shape index (κ3) is 5.52. The summed E-state index contributed by atoms with van der Waals surface area (Å²) >= 11 is 0. The second-order valence-corrected chi connectivity index (χ2v) is 7.75. The zero-order chi connectivity index (χ0) is 23.2. The maximum Gasteiger partial charge on any atom is 0.414 e. The number of aromatic nitrogens is 1. The summed E-state index contributed by atoms with van der Waals surface area (Å²) in [4.78, 5) is 27.3. The van der Waals surface area contributed by atoms with Crippen LogP contribution in [0.5, 0.6) is 11.5 Å². The van der Waals surface area contributed by atoms with Crippen LogP contribution in [0.3, 0.4) is 0 Å². The minimum atomic E-state index is -0.704. The van der Waals surface area contributed by atoms with E-state index in [1.54, 1.807) is 7.11 Å². The van der Waals surface area contributed by atoms with Gasteiger partial charge in [-0.3, -0.25) is 10.1 Å². The maximum atomic E-state index is 11.6. The van der Waals surface area contributed by atoms with E-state index in [4.69, 9.17) is 18.6 Å². The Kier molecular flexibility index (Phi) is 6.92. The Bertz CT molecular complexity index is 1130. The van der Waals surface area contributed by atoms with Crippen molar-refractivity contribution in [1.82, 2.24) is 10.3 Å². The van der Waals surface area contributed by atoms with Crippen LogP contribution in [0, 0.1) is 6.92 Å². The number of benzene rings is 2. The molecule has 8 heteroatoms. The number of amides is 2.